The van der Waals surface area contributed by atoms with Crippen molar-refractivity contribution in [1.82, 2.24) is 10.6 Å². The van der Waals surface area contributed by atoms with Gasteiger partial charge in [0.15, 0.2) is 0 Å². The fraction of sp³-hybridized carbons (Fsp3) is 0.423. The summed E-state index contributed by atoms with van der Waals surface area (Å²) < 4.78 is 0. The maximum Gasteiger partial charge on any atom is 0.223 e. The van der Waals surface area contributed by atoms with E-state index in [0.717, 1.165) is 16.5 Å². The third-order valence-electron chi connectivity index (χ3n) is 6.84. The first-order chi connectivity index (χ1) is 14.8. The first-order valence-corrected chi connectivity index (χ1v) is 11.7. The summed E-state index contributed by atoms with van der Waals surface area (Å²) in [5, 5.41) is 8.29. The molecular weight excluding hydrogens is 427 g/mol. The summed E-state index contributed by atoms with van der Waals surface area (Å²) in [5.41, 5.74) is 2.37. The van der Waals surface area contributed by atoms with Gasteiger partial charge in [0.05, 0.1) is 0 Å². The van der Waals surface area contributed by atoms with Crippen LogP contribution in [0.1, 0.15) is 49.8 Å². The van der Waals surface area contributed by atoms with Gasteiger partial charge in [0.25, 0.3) is 0 Å². The Morgan fingerprint density at radius 3 is 2.48 bits per heavy atom. The maximum atomic E-state index is 12.9. The van der Waals surface area contributed by atoms with Crippen molar-refractivity contribution in [2.24, 2.45) is 17.8 Å². The summed E-state index contributed by atoms with van der Waals surface area (Å²) in [4.78, 5) is 12.9. The molecule has 0 spiro atoms. The van der Waals surface area contributed by atoms with E-state index in [2.05, 4.69) is 49.3 Å². The van der Waals surface area contributed by atoms with Crippen LogP contribution >= 0.6 is 23.2 Å². The molecule has 1 saturated heterocycles. The molecule has 6 atom stereocenters. The van der Waals surface area contributed by atoms with Gasteiger partial charge in [-0.3, -0.25) is 4.79 Å². The largest absolute Gasteiger partial charge is 0.352 e. The van der Waals surface area contributed by atoms with Crippen molar-refractivity contribution in [3.05, 3.63) is 82.4 Å². The third-order valence-corrected chi connectivity index (χ3v) is 7.33. The van der Waals surface area contributed by atoms with Crippen LogP contribution in [0.25, 0.3) is 0 Å². The second-order valence-electron chi connectivity index (χ2n) is 8.69. The average Bonchev–Trinajstić information content (AvgIpc) is 2.76. The van der Waals surface area contributed by atoms with Crippen LogP contribution in [-0.4, -0.2) is 19.0 Å². The highest BCUT2D eigenvalue weighted by molar-refractivity contribution is 6.30. The van der Waals surface area contributed by atoms with Gasteiger partial charge < -0.3 is 10.6 Å². The molecule has 166 valence electrons. The highest BCUT2D eigenvalue weighted by atomic mass is 35.5. The van der Waals surface area contributed by atoms with E-state index in [1.807, 2.05) is 43.5 Å². The molecule has 1 fully saturated rings. The van der Waals surface area contributed by atoms with Gasteiger partial charge in [-0.25, -0.2) is 0 Å². The summed E-state index contributed by atoms with van der Waals surface area (Å²) in [5.74, 6) is 0.757. The molecule has 2 aromatic carbocycles. The van der Waals surface area contributed by atoms with E-state index in [1.165, 1.54) is 11.1 Å². The molecule has 2 aromatic rings. The Bertz CT molecular complexity index is 899. The fourth-order valence-corrected chi connectivity index (χ4v) is 5.28. The molecule has 3 nitrogen and oxygen atoms in total. The third kappa shape index (κ3) is 5.52. The van der Waals surface area contributed by atoms with E-state index < -0.39 is 0 Å². The SMILES string of the molecule is C=CC[C@H]1C[C@H](c2cccc(Cl)c2)[C@H](C(C)C(C)C(NC)c2ccc(Cl)cc2)NC1=O. The Labute approximate surface area is 196 Å². The average molecular weight is 459 g/mol. The Morgan fingerprint density at radius 2 is 1.87 bits per heavy atom. The highest BCUT2D eigenvalue weighted by Gasteiger charge is 2.41. The van der Waals surface area contributed by atoms with Gasteiger partial charge in [-0.05, 0) is 67.1 Å². The second kappa shape index (κ2) is 10.7. The monoisotopic (exact) mass is 458 g/mol. The van der Waals surface area contributed by atoms with E-state index in [-0.39, 0.29) is 41.7 Å². The molecule has 0 radical (unpaired) electrons. The van der Waals surface area contributed by atoms with E-state index in [0.29, 0.717) is 6.42 Å². The van der Waals surface area contributed by atoms with E-state index in [9.17, 15) is 4.79 Å². The number of amides is 1. The number of piperidine rings is 1. The zero-order valence-electron chi connectivity index (χ0n) is 18.4. The molecule has 31 heavy (non-hydrogen) atoms. The van der Waals surface area contributed by atoms with Gasteiger partial charge in [-0.2, -0.15) is 0 Å². The number of carbonyl (C=O) groups excluding carboxylic acids is 1. The molecule has 0 aromatic heterocycles. The molecule has 2 N–H and O–H groups in total. The topological polar surface area (TPSA) is 41.1 Å². The van der Waals surface area contributed by atoms with Crippen molar-refractivity contribution in [3.8, 4) is 0 Å². The number of carbonyl (C=O) groups is 1. The van der Waals surface area contributed by atoms with Crippen LogP contribution in [0.3, 0.4) is 0 Å². The number of halogens is 2. The van der Waals surface area contributed by atoms with Crippen LogP contribution < -0.4 is 10.6 Å². The number of benzene rings is 2. The Kier molecular flexibility index (Phi) is 8.21. The minimum atomic E-state index is -0.0587. The van der Waals surface area contributed by atoms with Crippen LogP contribution in [0, 0.1) is 17.8 Å². The highest BCUT2D eigenvalue weighted by Crippen LogP contribution is 2.41. The Hall–Kier alpha value is -1.81. The summed E-state index contributed by atoms with van der Waals surface area (Å²) >= 11 is 12.4. The molecule has 1 amide bonds. The van der Waals surface area contributed by atoms with Gasteiger partial charge in [0.2, 0.25) is 5.91 Å². The van der Waals surface area contributed by atoms with Gasteiger partial charge in [0.1, 0.15) is 0 Å². The molecule has 1 heterocycles. The smallest absolute Gasteiger partial charge is 0.223 e. The normalized spacial score (nSPS) is 24.2. The molecule has 0 bridgehead atoms. The zero-order chi connectivity index (χ0) is 22.5. The lowest BCUT2D eigenvalue weighted by Gasteiger charge is -2.43. The van der Waals surface area contributed by atoms with Crippen LogP contribution in [0.4, 0.5) is 0 Å². The minimum absolute atomic E-state index is 0.0187. The number of hydrogen-bond donors (Lipinski definition) is 2. The molecule has 3 unspecified atom stereocenters. The Balaban J connectivity index is 1.91. The predicted octanol–water partition coefficient (Wildman–Crippen LogP) is 6.39. The molecule has 3 rings (SSSR count). The lowest BCUT2D eigenvalue weighted by Crippen LogP contribution is -2.53. The van der Waals surface area contributed by atoms with Gasteiger partial charge >= 0.3 is 0 Å². The van der Waals surface area contributed by atoms with E-state index in [4.69, 9.17) is 23.2 Å². The standard InChI is InChI=1S/C26H32Cl2N2O/c1-5-7-20-15-23(19-8-6-9-22(28)14-19)25(30-26(20)31)17(3)16(2)24(29-4)18-10-12-21(27)13-11-18/h5-6,8-14,16-17,20,23-25,29H,1,7,15H2,2-4H3,(H,30,31)/t16?,17?,20-,23+,24?,25-/m0/s1. The molecular formula is C26H32Cl2N2O. The molecule has 1 aliphatic heterocycles. The van der Waals surface area contributed by atoms with Crippen molar-refractivity contribution in [3.63, 3.8) is 0 Å². The zero-order valence-corrected chi connectivity index (χ0v) is 20.0. The van der Waals surface area contributed by atoms with Crippen LogP contribution in [0.5, 0.6) is 0 Å². The summed E-state index contributed by atoms with van der Waals surface area (Å²) in [6.07, 6.45) is 3.32. The minimum Gasteiger partial charge on any atom is -0.352 e. The van der Waals surface area contributed by atoms with Crippen molar-refractivity contribution in [2.45, 2.75) is 44.7 Å². The lowest BCUT2D eigenvalue weighted by atomic mass is 9.70. The van der Waals surface area contributed by atoms with Gasteiger partial charge in [-0.15, -0.1) is 6.58 Å². The molecule has 1 aliphatic rings. The summed E-state index contributed by atoms with van der Waals surface area (Å²) in [7, 11) is 1.98. The van der Waals surface area contributed by atoms with Crippen molar-refractivity contribution < 1.29 is 4.79 Å². The fourth-order valence-electron chi connectivity index (χ4n) is 4.96. The molecule has 0 aliphatic carbocycles. The van der Waals surface area contributed by atoms with Crippen molar-refractivity contribution >= 4 is 29.1 Å². The first kappa shape index (κ1) is 23.8. The van der Waals surface area contributed by atoms with Crippen LogP contribution in [0.2, 0.25) is 10.0 Å². The number of allylic oxidation sites excluding steroid dienone is 1. The number of nitrogens with one attached hydrogen (secondary N) is 2. The second-order valence-corrected chi connectivity index (χ2v) is 9.56. The predicted molar refractivity (Wildman–Crippen MR) is 131 cm³/mol. The van der Waals surface area contributed by atoms with Crippen LogP contribution in [-0.2, 0) is 4.79 Å². The van der Waals surface area contributed by atoms with Gasteiger partial charge in [-0.1, -0.05) is 67.4 Å². The quantitative estimate of drug-likeness (QED) is 0.449. The Morgan fingerprint density at radius 1 is 1.16 bits per heavy atom. The van der Waals surface area contributed by atoms with E-state index in [1.54, 1.807) is 0 Å². The summed E-state index contributed by atoms with van der Waals surface area (Å²) in [6, 6.07) is 16.2. The van der Waals surface area contributed by atoms with E-state index >= 15 is 0 Å². The van der Waals surface area contributed by atoms with Crippen LogP contribution in [0.15, 0.2) is 61.2 Å². The number of rotatable bonds is 8. The van der Waals surface area contributed by atoms with Gasteiger partial charge in [0, 0.05) is 34.0 Å². The lowest BCUT2D eigenvalue weighted by molar-refractivity contribution is -0.129. The summed E-state index contributed by atoms with van der Waals surface area (Å²) in [6.45, 7) is 8.32. The maximum absolute atomic E-state index is 12.9. The van der Waals surface area contributed by atoms with Crippen molar-refractivity contribution in [2.75, 3.05) is 7.05 Å². The molecule has 5 heteroatoms. The number of hydrogen-bond acceptors (Lipinski definition) is 2. The van der Waals surface area contributed by atoms with Crippen molar-refractivity contribution in [1.29, 1.82) is 0 Å². The first-order valence-electron chi connectivity index (χ1n) is 10.9. The molecule has 0 saturated carbocycles.